The predicted octanol–water partition coefficient (Wildman–Crippen LogP) is 3.36. The maximum atomic E-state index is 12.9. The highest BCUT2D eigenvalue weighted by Gasteiger charge is 2.28. The van der Waals surface area contributed by atoms with Crippen LogP contribution in [-0.2, 0) is 10.0 Å². The standard InChI is InChI=1S/C20H17BrN4O5S2/c1-29-14-7-3-5-12(9-14)16-11-22-19-25(16)23-20(31-19)32(27,28)24-18(21)17(26)13-6-4-8-15(10-13)30-2/h3-11,18,24H,1-2H3. The second-order valence-electron chi connectivity index (χ2n) is 6.52. The van der Waals surface area contributed by atoms with Gasteiger partial charge in [-0.15, -0.1) is 5.10 Å². The molecule has 32 heavy (non-hydrogen) atoms. The van der Waals surface area contributed by atoms with E-state index in [1.54, 1.807) is 43.6 Å². The molecule has 1 atom stereocenters. The molecular weight excluding hydrogens is 520 g/mol. The van der Waals surface area contributed by atoms with Gasteiger partial charge in [0, 0.05) is 11.1 Å². The third-order valence-electron chi connectivity index (χ3n) is 4.51. The molecule has 166 valence electrons. The Kier molecular flexibility index (Phi) is 6.29. The number of nitrogens with one attached hydrogen (secondary N) is 1. The summed E-state index contributed by atoms with van der Waals surface area (Å²) in [6, 6.07) is 13.7. The van der Waals surface area contributed by atoms with Crippen LogP contribution in [0.1, 0.15) is 10.4 Å². The summed E-state index contributed by atoms with van der Waals surface area (Å²) < 4.78 is 39.7. The van der Waals surface area contributed by atoms with Crippen LogP contribution in [0.25, 0.3) is 16.2 Å². The number of rotatable bonds is 8. The van der Waals surface area contributed by atoms with Crippen molar-refractivity contribution in [2.75, 3.05) is 14.2 Å². The van der Waals surface area contributed by atoms with E-state index in [0.29, 0.717) is 27.7 Å². The predicted molar refractivity (Wildman–Crippen MR) is 123 cm³/mol. The van der Waals surface area contributed by atoms with Crippen LogP contribution in [0.5, 0.6) is 11.5 Å². The van der Waals surface area contributed by atoms with Crippen molar-refractivity contribution in [2.24, 2.45) is 0 Å². The van der Waals surface area contributed by atoms with Crippen LogP contribution in [0.15, 0.2) is 59.1 Å². The van der Waals surface area contributed by atoms with Gasteiger partial charge in [-0.25, -0.2) is 17.9 Å². The zero-order valence-electron chi connectivity index (χ0n) is 16.9. The minimum absolute atomic E-state index is 0.215. The molecule has 0 amide bonds. The van der Waals surface area contributed by atoms with Gasteiger partial charge in [-0.05, 0) is 24.3 Å². The highest BCUT2D eigenvalue weighted by molar-refractivity contribution is 9.10. The van der Waals surface area contributed by atoms with Crippen LogP contribution < -0.4 is 14.2 Å². The Hall–Kier alpha value is -2.80. The lowest BCUT2D eigenvalue weighted by Gasteiger charge is -2.11. The normalized spacial score (nSPS) is 12.6. The fourth-order valence-electron chi connectivity index (χ4n) is 2.93. The summed E-state index contributed by atoms with van der Waals surface area (Å²) in [5.41, 5.74) is 1.67. The van der Waals surface area contributed by atoms with Gasteiger partial charge in [0.25, 0.3) is 10.0 Å². The van der Waals surface area contributed by atoms with Crippen molar-refractivity contribution in [3.05, 3.63) is 60.3 Å². The lowest BCUT2D eigenvalue weighted by Crippen LogP contribution is -2.36. The largest absolute Gasteiger partial charge is 0.497 e. The molecule has 0 radical (unpaired) electrons. The third-order valence-corrected chi connectivity index (χ3v) is 8.17. The van der Waals surface area contributed by atoms with E-state index in [0.717, 1.165) is 16.9 Å². The van der Waals surface area contributed by atoms with E-state index in [1.165, 1.54) is 17.7 Å². The van der Waals surface area contributed by atoms with Crippen LogP contribution >= 0.6 is 27.3 Å². The number of carbonyl (C=O) groups excluding carboxylic acids is 1. The van der Waals surface area contributed by atoms with Gasteiger partial charge in [0.1, 0.15) is 16.5 Å². The number of nitrogens with zero attached hydrogens (tertiary/aromatic N) is 3. The molecule has 1 N–H and O–H groups in total. The van der Waals surface area contributed by atoms with Gasteiger partial charge in [0.05, 0.1) is 26.1 Å². The smallest absolute Gasteiger partial charge is 0.271 e. The Labute approximate surface area is 196 Å². The number of sulfonamides is 1. The average molecular weight is 537 g/mol. The van der Waals surface area contributed by atoms with Crippen molar-refractivity contribution in [1.29, 1.82) is 0 Å². The molecule has 0 saturated carbocycles. The summed E-state index contributed by atoms with van der Waals surface area (Å²) in [5, 5.41) is 4.22. The molecule has 0 aliphatic rings. The van der Waals surface area contributed by atoms with E-state index >= 15 is 0 Å². The minimum atomic E-state index is -4.10. The Bertz CT molecular complexity index is 1400. The minimum Gasteiger partial charge on any atom is -0.497 e. The number of Topliss-reactive ketones (excluding diaryl/α,β-unsaturated/α-hetero) is 1. The maximum Gasteiger partial charge on any atom is 0.271 e. The quantitative estimate of drug-likeness (QED) is 0.208. The number of imidazole rings is 1. The topological polar surface area (TPSA) is 112 Å². The summed E-state index contributed by atoms with van der Waals surface area (Å²) >= 11 is 4.01. The molecule has 4 rings (SSSR count). The van der Waals surface area contributed by atoms with Crippen molar-refractivity contribution >= 4 is 48.0 Å². The molecule has 2 heterocycles. The van der Waals surface area contributed by atoms with Crippen molar-refractivity contribution < 1.29 is 22.7 Å². The number of hydrogen-bond acceptors (Lipinski definition) is 8. The van der Waals surface area contributed by atoms with Crippen LogP contribution in [0.3, 0.4) is 0 Å². The van der Waals surface area contributed by atoms with E-state index < -0.39 is 20.8 Å². The van der Waals surface area contributed by atoms with Gasteiger partial charge in [0.15, 0.2) is 5.78 Å². The Morgan fingerprint density at radius 1 is 1.12 bits per heavy atom. The molecular formula is C20H17BrN4O5S2. The number of halogens is 1. The molecule has 1 unspecified atom stereocenters. The second kappa shape index (κ2) is 8.98. The van der Waals surface area contributed by atoms with E-state index in [9.17, 15) is 13.2 Å². The number of hydrogen-bond donors (Lipinski definition) is 1. The van der Waals surface area contributed by atoms with E-state index in [2.05, 4.69) is 30.7 Å². The number of ether oxygens (including phenoxy) is 2. The average Bonchev–Trinajstić information content (AvgIpc) is 3.40. The zero-order chi connectivity index (χ0) is 22.9. The summed E-state index contributed by atoms with van der Waals surface area (Å²) in [5.74, 6) is 0.677. The van der Waals surface area contributed by atoms with Gasteiger partial charge in [-0.2, -0.15) is 4.72 Å². The lowest BCUT2D eigenvalue weighted by atomic mass is 10.1. The monoisotopic (exact) mass is 536 g/mol. The third kappa shape index (κ3) is 4.39. The number of benzene rings is 2. The van der Waals surface area contributed by atoms with E-state index in [-0.39, 0.29) is 4.34 Å². The molecule has 12 heteroatoms. The van der Waals surface area contributed by atoms with Crippen molar-refractivity contribution in [3.8, 4) is 22.8 Å². The fourth-order valence-corrected chi connectivity index (χ4v) is 6.01. The second-order valence-corrected chi connectivity index (χ2v) is 10.3. The highest BCUT2D eigenvalue weighted by Crippen LogP contribution is 2.28. The number of carbonyl (C=O) groups is 1. The zero-order valence-corrected chi connectivity index (χ0v) is 20.1. The van der Waals surface area contributed by atoms with E-state index in [1.807, 2.05) is 12.1 Å². The first-order valence-electron chi connectivity index (χ1n) is 9.16. The highest BCUT2D eigenvalue weighted by atomic mass is 79.9. The first kappa shape index (κ1) is 22.4. The summed E-state index contributed by atoms with van der Waals surface area (Å²) in [6.45, 7) is 0. The molecule has 0 spiro atoms. The number of alkyl halides is 1. The number of aromatic nitrogens is 3. The van der Waals surface area contributed by atoms with Crippen molar-refractivity contribution in [3.63, 3.8) is 0 Å². The van der Waals surface area contributed by atoms with Gasteiger partial charge < -0.3 is 9.47 Å². The molecule has 4 aromatic rings. The molecule has 2 aromatic carbocycles. The van der Waals surface area contributed by atoms with E-state index in [4.69, 9.17) is 9.47 Å². The van der Waals surface area contributed by atoms with Gasteiger partial charge in [-0.1, -0.05) is 51.5 Å². The molecule has 0 saturated heterocycles. The van der Waals surface area contributed by atoms with Crippen LogP contribution in [-0.4, -0.2) is 48.0 Å². The Balaban J connectivity index is 1.60. The molecule has 0 bridgehead atoms. The Morgan fingerprint density at radius 2 is 1.81 bits per heavy atom. The van der Waals surface area contributed by atoms with Gasteiger partial charge in [0.2, 0.25) is 9.30 Å². The Morgan fingerprint density at radius 3 is 2.53 bits per heavy atom. The summed E-state index contributed by atoms with van der Waals surface area (Å²) in [4.78, 5) is 16.1. The SMILES string of the molecule is COc1cccc(C(=O)C(Br)NS(=O)(=O)c2nn3c(-c4cccc(OC)c4)cnc3s2)c1. The van der Waals surface area contributed by atoms with Crippen molar-refractivity contribution in [1.82, 2.24) is 19.3 Å². The number of methoxy groups -OCH3 is 2. The van der Waals surface area contributed by atoms with Crippen LogP contribution in [0, 0.1) is 0 Å². The number of fused-ring (bicyclic) bond motifs is 1. The first-order valence-corrected chi connectivity index (χ1v) is 12.4. The number of ketones is 1. The molecule has 9 nitrogen and oxygen atoms in total. The first-order chi connectivity index (χ1) is 15.3. The van der Waals surface area contributed by atoms with Crippen molar-refractivity contribution in [2.45, 2.75) is 9.29 Å². The molecule has 2 aromatic heterocycles. The summed E-state index contributed by atoms with van der Waals surface area (Å²) in [7, 11) is -1.05. The molecule has 0 aliphatic heterocycles. The van der Waals surface area contributed by atoms with Gasteiger partial charge in [-0.3, -0.25) is 4.79 Å². The fraction of sp³-hybridized carbons (Fsp3) is 0.150. The molecule has 0 aliphatic carbocycles. The van der Waals surface area contributed by atoms with Gasteiger partial charge >= 0.3 is 0 Å². The maximum absolute atomic E-state index is 12.9. The van der Waals surface area contributed by atoms with Crippen LogP contribution in [0.2, 0.25) is 0 Å². The summed E-state index contributed by atoms with van der Waals surface area (Å²) in [6.07, 6.45) is 1.61. The lowest BCUT2D eigenvalue weighted by molar-refractivity contribution is 0.0987. The molecule has 0 fully saturated rings. The van der Waals surface area contributed by atoms with Crippen LogP contribution in [0.4, 0.5) is 0 Å².